The van der Waals surface area contributed by atoms with Crippen LogP contribution in [0.5, 0.6) is 11.5 Å². The van der Waals surface area contributed by atoms with Crippen molar-refractivity contribution in [3.63, 3.8) is 0 Å². The SMILES string of the molecule is CCCCNC(=O)CN(CC)Cc1ccc2c(c1)OCO2. The summed E-state index contributed by atoms with van der Waals surface area (Å²) in [6.07, 6.45) is 2.12. The molecule has 1 aliphatic rings. The number of nitrogens with one attached hydrogen (secondary N) is 1. The molecule has 0 radical (unpaired) electrons. The molecule has 1 aromatic carbocycles. The quantitative estimate of drug-likeness (QED) is 0.746. The molecule has 0 aromatic heterocycles. The number of hydrogen-bond donors (Lipinski definition) is 1. The van der Waals surface area contributed by atoms with E-state index in [2.05, 4.69) is 24.1 Å². The molecule has 5 nitrogen and oxygen atoms in total. The molecule has 21 heavy (non-hydrogen) atoms. The fraction of sp³-hybridized carbons (Fsp3) is 0.562. The lowest BCUT2D eigenvalue weighted by Crippen LogP contribution is -2.37. The predicted molar refractivity (Wildman–Crippen MR) is 81.4 cm³/mol. The average molecular weight is 292 g/mol. The molecule has 1 N–H and O–H groups in total. The van der Waals surface area contributed by atoms with E-state index in [1.54, 1.807) is 0 Å². The zero-order valence-corrected chi connectivity index (χ0v) is 12.9. The Balaban J connectivity index is 1.85. The van der Waals surface area contributed by atoms with Crippen LogP contribution in [0.15, 0.2) is 18.2 Å². The van der Waals surface area contributed by atoms with Crippen molar-refractivity contribution in [1.29, 1.82) is 0 Å². The summed E-state index contributed by atoms with van der Waals surface area (Å²) >= 11 is 0. The molecule has 0 unspecified atom stereocenters. The van der Waals surface area contributed by atoms with Gasteiger partial charge in [0, 0.05) is 13.1 Å². The molecular formula is C16H24N2O3. The Hall–Kier alpha value is -1.75. The summed E-state index contributed by atoms with van der Waals surface area (Å²) in [7, 11) is 0. The van der Waals surface area contributed by atoms with Crippen LogP contribution < -0.4 is 14.8 Å². The van der Waals surface area contributed by atoms with Gasteiger partial charge in [0.15, 0.2) is 11.5 Å². The number of carbonyl (C=O) groups is 1. The van der Waals surface area contributed by atoms with Crippen molar-refractivity contribution in [2.24, 2.45) is 0 Å². The van der Waals surface area contributed by atoms with Crippen LogP contribution in [0.25, 0.3) is 0 Å². The number of unbranched alkanes of at least 4 members (excludes halogenated alkanes) is 1. The number of benzene rings is 1. The Morgan fingerprint density at radius 3 is 2.86 bits per heavy atom. The molecular weight excluding hydrogens is 268 g/mol. The standard InChI is InChI=1S/C16H24N2O3/c1-3-5-8-17-16(19)11-18(4-2)10-13-6-7-14-15(9-13)21-12-20-14/h6-7,9H,3-5,8,10-12H2,1-2H3,(H,17,19). The van der Waals surface area contributed by atoms with Gasteiger partial charge in [0.25, 0.3) is 0 Å². The third-order valence-electron chi connectivity index (χ3n) is 3.51. The number of fused-ring (bicyclic) bond motifs is 1. The summed E-state index contributed by atoms with van der Waals surface area (Å²) < 4.78 is 10.7. The first kappa shape index (κ1) is 15.6. The number of hydrogen-bond acceptors (Lipinski definition) is 4. The van der Waals surface area contributed by atoms with Crippen molar-refractivity contribution in [2.45, 2.75) is 33.2 Å². The minimum atomic E-state index is 0.0889. The van der Waals surface area contributed by atoms with Gasteiger partial charge < -0.3 is 14.8 Å². The first-order chi connectivity index (χ1) is 10.2. The Kier molecular flexibility index (Phi) is 5.87. The molecule has 0 bridgehead atoms. The Morgan fingerprint density at radius 2 is 2.10 bits per heavy atom. The fourth-order valence-electron chi connectivity index (χ4n) is 2.24. The van der Waals surface area contributed by atoms with E-state index in [0.717, 1.165) is 49.5 Å². The molecule has 1 heterocycles. The van der Waals surface area contributed by atoms with Gasteiger partial charge in [-0.15, -0.1) is 0 Å². The molecule has 0 saturated carbocycles. The zero-order chi connectivity index (χ0) is 15.1. The average Bonchev–Trinajstić information content (AvgIpc) is 2.94. The van der Waals surface area contributed by atoms with Crippen LogP contribution in [0.3, 0.4) is 0 Å². The van der Waals surface area contributed by atoms with Gasteiger partial charge in [-0.2, -0.15) is 0 Å². The first-order valence-electron chi connectivity index (χ1n) is 7.60. The highest BCUT2D eigenvalue weighted by atomic mass is 16.7. The summed E-state index contributed by atoms with van der Waals surface area (Å²) in [5.74, 6) is 1.67. The highest BCUT2D eigenvalue weighted by Crippen LogP contribution is 2.32. The summed E-state index contributed by atoms with van der Waals surface area (Å²) in [4.78, 5) is 14.0. The van der Waals surface area contributed by atoms with Crippen molar-refractivity contribution >= 4 is 5.91 Å². The van der Waals surface area contributed by atoms with Crippen LogP contribution >= 0.6 is 0 Å². The maximum atomic E-state index is 11.9. The number of ether oxygens (including phenoxy) is 2. The van der Waals surface area contributed by atoms with Crippen LogP contribution in [0.2, 0.25) is 0 Å². The second kappa shape index (κ2) is 7.88. The van der Waals surface area contributed by atoms with Gasteiger partial charge in [-0.1, -0.05) is 26.3 Å². The Morgan fingerprint density at radius 1 is 1.29 bits per heavy atom. The molecule has 0 fully saturated rings. The lowest BCUT2D eigenvalue weighted by Gasteiger charge is -2.20. The molecule has 2 rings (SSSR count). The minimum Gasteiger partial charge on any atom is -0.454 e. The number of likely N-dealkylation sites (N-methyl/N-ethyl adjacent to an activating group) is 1. The normalized spacial score (nSPS) is 12.7. The van der Waals surface area contributed by atoms with Crippen LogP contribution in [0.4, 0.5) is 0 Å². The van der Waals surface area contributed by atoms with Crippen molar-refractivity contribution in [3.8, 4) is 11.5 Å². The van der Waals surface area contributed by atoms with Gasteiger partial charge in [0.05, 0.1) is 6.54 Å². The van der Waals surface area contributed by atoms with Crippen molar-refractivity contribution in [3.05, 3.63) is 23.8 Å². The maximum Gasteiger partial charge on any atom is 0.234 e. The molecule has 0 saturated heterocycles. The van der Waals surface area contributed by atoms with E-state index in [-0.39, 0.29) is 12.7 Å². The Labute approximate surface area is 126 Å². The largest absolute Gasteiger partial charge is 0.454 e. The molecule has 1 amide bonds. The lowest BCUT2D eigenvalue weighted by atomic mass is 10.2. The zero-order valence-electron chi connectivity index (χ0n) is 12.9. The van der Waals surface area contributed by atoms with Crippen LogP contribution in [0.1, 0.15) is 32.3 Å². The Bertz CT molecular complexity index is 477. The van der Waals surface area contributed by atoms with E-state index >= 15 is 0 Å². The van der Waals surface area contributed by atoms with Crippen LogP contribution in [-0.2, 0) is 11.3 Å². The summed E-state index contributed by atoms with van der Waals surface area (Å²) in [6, 6.07) is 5.93. The molecule has 0 aliphatic carbocycles. The fourth-order valence-corrected chi connectivity index (χ4v) is 2.24. The second-order valence-electron chi connectivity index (χ2n) is 5.19. The summed E-state index contributed by atoms with van der Waals surface area (Å²) in [6.45, 7) is 7.21. The van der Waals surface area contributed by atoms with Crippen molar-refractivity contribution < 1.29 is 14.3 Å². The first-order valence-corrected chi connectivity index (χ1v) is 7.60. The van der Waals surface area contributed by atoms with Crippen molar-refractivity contribution in [2.75, 3.05) is 26.4 Å². The van der Waals surface area contributed by atoms with Gasteiger partial charge >= 0.3 is 0 Å². The molecule has 5 heteroatoms. The summed E-state index contributed by atoms with van der Waals surface area (Å²) in [5, 5.41) is 2.95. The predicted octanol–water partition coefficient (Wildman–Crippen LogP) is 2.15. The molecule has 0 spiro atoms. The monoisotopic (exact) mass is 292 g/mol. The van der Waals surface area contributed by atoms with Gasteiger partial charge in [-0.05, 0) is 30.7 Å². The maximum absolute atomic E-state index is 11.9. The molecule has 1 aliphatic heterocycles. The van der Waals surface area contributed by atoms with E-state index < -0.39 is 0 Å². The van der Waals surface area contributed by atoms with Gasteiger partial charge in [0.2, 0.25) is 12.7 Å². The van der Waals surface area contributed by atoms with E-state index in [4.69, 9.17) is 9.47 Å². The smallest absolute Gasteiger partial charge is 0.234 e. The third-order valence-corrected chi connectivity index (χ3v) is 3.51. The highest BCUT2D eigenvalue weighted by Gasteiger charge is 2.15. The molecule has 116 valence electrons. The van der Waals surface area contributed by atoms with Gasteiger partial charge in [-0.25, -0.2) is 0 Å². The topological polar surface area (TPSA) is 50.8 Å². The molecule has 0 atom stereocenters. The second-order valence-corrected chi connectivity index (χ2v) is 5.19. The van der Waals surface area contributed by atoms with E-state index in [9.17, 15) is 4.79 Å². The van der Waals surface area contributed by atoms with Crippen molar-refractivity contribution in [1.82, 2.24) is 10.2 Å². The van der Waals surface area contributed by atoms with Gasteiger partial charge in [0.1, 0.15) is 0 Å². The highest BCUT2D eigenvalue weighted by molar-refractivity contribution is 5.77. The van der Waals surface area contributed by atoms with Crippen LogP contribution in [-0.4, -0.2) is 37.2 Å². The van der Waals surface area contributed by atoms with Crippen LogP contribution in [0, 0.1) is 0 Å². The molecule has 1 aromatic rings. The van der Waals surface area contributed by atoms with E-state index in [0.29, 0.717) is 6.54 Å². The number of amides is 1. The minimum absolute atomic E-state index is 0.0889. The van der Waals surface area contributed by atoms with E-state index in [1.165, 1.54) is 0 Å². The number of rotatable bonds is 8. The summed E-state index contributed by atoms with van der Waals surface area (Å²) in [5.41, 5.74) is 1.13. The van der Waals surface area contributed by atoms with Gasteiger partial charge in [-0.3, -0.25) is 9.69 Å². The van der Waals surface area contributed by atoms with E-state index in [1.807, 2.05) is 18.2 Å². The number of carbonyl (C=O) groups excluding carboxylic acids is 1. The third kappa shape index (κ3) is 4.63. The number of nitrogens with zero attached hydrogens (tertiary/aromatic N) is 1. The lowest BCUT2D eigenvalue weighted by molar-refractivity contribution is -0.122.